The Kier molecular flexibility index (Phi) is 4.50. The maximum absolute atomic E-state index is 11.4. The fourth-order valence-corrected chi connectivity index (χ4v) is 2.67. The van der Waals surface area contributed by atoms with Crippen LogP contribution in [0.25, 0.3) is 23.1 Å². The second kappa shape index (κ2) is 6.75. The molecule has 0 bridgehead atoms. The topological polar surface area (TPSA) is 87.5 Å². The lowest BCUT2D eigenvalue weighted by Crippen LogP contribution is -2.04. The summed E-state index contributed by atoms with van der Waals surface area (Å²) in [7, 11) is 0. The first kappa shape index (κ1) is 16.7. The van der Waals surface area contributed by atoms with Crippen molar-refractivity contribution in [1.82, 2.24) is 4.98 Å². The highest BCUT2D eigenvalue weighted by Crippen LogP contribution is 2.23. The molecular weight excluding hydrogens is 342 g/mol. The highest BCUT2D eigenvalue weighted by atomic mass is 35.5. The molecule has 124 valence electrons. The Morgan fingerprint density at radius 1 is 0.880 bits per heavy atom. The van der Waals surface area contributed by atoms with Gasteiger partial charge in [-0.3, -0.25) is 0 Å². The van der Waals surface area contributed by atoms with Crippen LogP contribution in [0.15, 0.2) is 48.5 Å². The Morgan fingerprint density at radius 3 is 2.24 bits per heavy atom. The van der Waals surface area contributed by atoms with Gasteiger partial charge in [-0.2, -0.15) is 0 Å². The molecule has 5 nitrogen and oxygen atoms in total. The van der Waals surface area contributed by atoms with Gasteiger partial charge in [0.25, 0.3) is 0 Å². The summed E-state index contributed by atoms with van der Waals surface area (Å²) in [5.41, 5.74) is 1.39. The van der Waals surface area contributed by atoms with E-state index in [-0.39, 0.29) is 22.0 Å². The Bertz CT molecular complexity index is 1030. The molecule has 0 unspecified atom stereocenters. The Hall–Kier alpha value is -3.18. The average molecular weight is 354 g/mol. The number of hydrogen-bond acceptors (Lipinski definition) is 3. The monoisotopic (exact) mass is 353 g/mol. The standard InChI is InChI=1S/C19H12ClNO4/c20-16-4-2-1-3-11(16)5-6-12-7-8-13-14(18(22)23)9-10-15(19(24)25)17(13)21-12/h1-10H,(H,22,23)(H,24,25)/b6-5+. The zero-order valence-electron chi connectivity index (χ0n) is 12.8. The first-order valence-corrected chi connectivity index (χ1v) is 7.68. The minimum Gasteiger partial charge on any atom is -0.478 e. The molecule has 1 heterocycles. The number of pyridine rings is 1. The molecule has 0 fully saturated rings. The molecule has 0 spiro atoms. The van der Waals surface area contributed by atoms with E-state index in [1.54, 1.807) is 30.4 Å². The van der Waals surface area contributed by atoms with Gasteiger partial charge in [-0.25, -0.2) is 14.6 Å². The molecule has 0 aliphatic rings. The van der Waals surface area contributed by atoms with Crippen molar-refractivity contribution in [2.75, 3.05) is 0 Å². The summed E-state index contributed by atoms with van der Waals surface area (Å²) >= 11 is 6.09. The molecule has 0 atom stereocenters. The fourth-order valence-electron chi connectivity index (χ4n) is 2.47. The van der Waals surface area contributed by atoms with Crippen LogP contribution in [0.2, 0.25) is 5.02 Å². The van der Waals surface area contributed by atoms with Gasteiger partial charge in [-0.1, -0.05) is 35.9 Å². The number of aromatic carboxylic acids is 2. The molecule has 2 N–H and O–H groups in total. The zero-order valence-corrected chi connectivity index (χ0v) is 13.6. The minimum atomic E-state index is -1.17. The lowest BCUT2D eigenvalue weighted by Gasteiger charge is -2.06. The van der Waals surface area contributed by atoms with Crippen LogP contribution in [-0.2, 0) is 0 Å². The SMILES string of the molecule is O=C(O)c1ccc(C(=O)O)c2nc(/C=C/c3ccccc3Cl)ccc12. The number of rotatable bonds is 4. The van der Waals surface area contributed by atoms with E-state index >= 15 is 0 Å². The molecular formula is C19H12ClNO4. The van der Waals surface area contributed by atoms with Crippen molar-refractivity contribution < 1.29 is 19.8 Å². The van der Waals surface area contributed by atoms with Crippen molar-refractivity contribution >= 4 is 46.6 Å². The van der Waals surface area contributed by atoms with Crippen LogP contribution < -0.4 is 0 Å². The summed E-state index contributed by atoms with van der Waals surface area (Å²) in [5.74, 6) is -2.30. The average Bonchev–Trinajstić information content (AvgIpc) is 2.59. The number of fused-ring (bicyclic) bond motifs is 1. The van der Waals surface area contributed by atoms with Gasteiger partial charge < -0.3 is 10.2 Å². The van der Waals surface area contributed by atoms with Crippen molar-refractivity contribution in [2.45, 2.75) is 0 Å². The third-order valence-corrected chi connectivity index (χ3v) is 4.02. The summed E-state index contributed by atoms with van der Waals surface area (Å²) in [6.07, 6.45) is 3.46. The molecule has 0 aliphatic carbocycles. The Labute approximate surface area is 147 Å². The number of nitrogens with zero attached hydrogens (tertiary/aromatic N) is 1. The predicted octanol–water partition coefficient (Wildman–Crippen LogP) is 4.46. The number of carboxylic acids is 2. The predicted molar refractivity (Wildman–Crippen MR) is 96.0 cm³/mol. The van der Waals surface area contributed by atoms with Crippen molar-refractivity contribution in [1.29, 1.82) is 0 Å². The van der Waals surface area contributed by atoms with Crippen LogP contribution in [0, 0.1) is 0 Å². The van der Waals surface area contributed by atoms with E-state index in [0.717, 1.165) is 5.56 Å². The summed E-state index contributed by atoms with van der Waals surface area (Å²) in [6, 6.07) is 13.0. The summed E-state index contributed by atoms with van der Waals surface area (Å²) in [5, 5.41) is 19.4. The highest BCUT2D eigenvalue weighted by molar-refractivity contribution is 6.32. The van der Waals surface area contributed by atoms with Gasteiger partial charge in [0, 0.05) is 10.4 Å². The first-order chi connectivity index (χ1) is 12.0. The van der Waals surface area contributed by atoms with E-state index in [9.17, 15) is 19.8 Å². The molecule has 6 heteroatoms. The molecule has 0 aliphatic heterocycles. The lowest BCUT2D eigenvalue weighted by molar-refractivity contribution is 0.0684. The molecule has 0 saturated carbocycles. The van der Waals surface area contributed by atoms with E-state index in [0.29, 0.717) is 10.7 Å². The third-order valence-electron chi connectivity index (χ3n) is 3.68. The van der Waals surface area contributed by atoms with E-state index in [1.807, 2.05) is 18.2 Å². The normalized spacial score (nSPS) is 11.1. The maximum atomic E-state index is 11.4. The summed E-state index contributed by atoms with van der Waals surface area (Å²) in [4.78, 5) is 27.0. The minimum absolute atomic E-state index is 0.00846. The third kappa shape index (κ3) is 3.36. The van der Waals surface area contributed by atoms with Crippen LogP contribution >= 0.6 is 11.6 Å². The van der Waals surface area contributed by atoms with Gasteiger partial charge in [0.1, 0.15) is 0 Å². The summed E-state index contributed by atoms with van der Waals surface area (Å²) < 4.78 is 0. The molecule has 3 aromatic rings. The van der Waals surface area contributed by atoms with Gasteiger partial charge in [-0.15, -0.1) is 0 Å². The lowest BCUT2D eigenvalue weighted by atomic mass is 10.0. The number of aromatic nitrogens is 1. The fraction of sp³-hybridized carbons (Fsp3) is 0. The highest BCUT2D eigenvalue weighted by Gasteiger charge is 2.16. The van der Waals surface area contributed by atoms with Gasteiger partial charge in [0.2, 0.25) is 0 Å². The summed E-state index contributed by atoms with van der Waals surface area (Å²) in [6.45, 7) is 0. The van der Waals surface area contributed by atoms with E-state index in [1.165, 1.54) is 12.1 Å². The Balaban J connectivity index is 2.13. The second-order valence-electron chi connectivity index (χ2n) is 5.26. The maximum Gasteiger partial charge on any atom is 0.337 e. The first-order valence-electron chi connectivity index (χ1n) is 7.30. The van der Waals surface area contributed by atoms with Gasteiger partial charge in [0.05, 0.1) is 22.3 Å². The van der Waals surface area contributed by atoms with E-state index < -0.39 is 11.9 Å². The molecule has 0 radical (unpaired) electrons. The van der Waals surface area contributed by atoms with Crippen LogP contribution in [0.4, 0.5) is 0 Å². The number of hydrogen-bond donors (Lipinski definition) is 2. The number of benzene rings is 2. The van der Waals surface area contributed by atoms with Gasteiger partial charge in [0.15, 0.2) is 0 Å². The second-order valence-corrected chi connectivity index (χ2v) is 5.67. The van der Waals surface area contributed by atoms with Crippen molar-refractivity contribution in [3.05, 3.63) is 75.9 Å². The zero-order chi connectivity index (χ0) is 18.0. The van der Waals surface area contributed by atoms with Crippen molar-refractivity contribution in [3.63, 3.8) is 0 Å². The van der Waals surface area contributed by atoms with Gasteiger partial charge >= 0.3 is 11.9 Å². The van der Waals surface area contributed by atoms with Crippen molar-refractivity contribution in [3.8, 4) is 0 Å². The molecule has 3 rings (SSSR count). The quantitative estimate of drug-likeness (QED) is 0.723. The van der Waals surface area contributed by atoms with Crippen LogP contribution in [0.5, 0.6) is 0 Å². The largest absolute Gasteiger partial charge is 0.478 e. The molecule has 2 aromatic carbocycles. The number of halogens is 1. The van der Waals surface area contributed by atoms with Crippen LogP contribution in [0.3, 0.4) is 0 Å². The van der Waals surface area contributed by atoms with Crippen LogP contribution in [0.1, 0.15) is 32.0 Å². The Morgan fingerprint density at radius 2 is 1.56 bits per heavy atom. The molecule has 0 saturated heterocycles. The molecule has 0 amide bonds. The molecule has 1 aromatic heterocycles. The number of carbonyl (C=O) groups is 2. The van der Waals surface area contributed by atoms with E-state index in [4.69, 9.17) is 11.6 Å². The molecule has 25 heavy (non-hydrogen) atoms. The van der Waals surface area contributed by atoms with Gasteiger partial charge in [-0.05, 0) is 42.0 Å². The van der Waals surface area contributed by atoms with E-state index in [2.05, 4.69) is 4.98 Å². The smallest absolute Gasteiger partial charge is 0.337 e. The van der Waals surface area contributed by atoms with Crippen molar-refractivity contribution in [2.24, 2.45) is 0 Å². The number of carboxylic acid groups (broad SMARTS) is 2. The van der Waals surface area contributed by atoms with Crippen LogP contribution in [-0.4, -0.2) is 27.1 Å².